The predicted molar refractivity (Wildman–Crippen MR) is 533 cm³/mol. The van der Waals surface area contributed by atoms with Gasteiger partial charge in [-0.15, -0.1) is 15.3 Å². The second-order valence-electron chi connectivity index (χ2n) is 35.8. The Labute approximate surface area is 867 Å². The van der Waals surface area contributed by atoms with Crippen LogP contribution in [0.15, 0.2) is 185 Å². The average molecular weight is 2010 g/mol. The molecular formula is C101H115N32NaO13. The van der Waals surface area contributed by atoms with Crippen LogP contribution in [0.3, 0.4) is 0 Å². The van der Waals surface area contributed by atoms with Crippen LogP contribution in [0.4, 0.5) is 17.3 Å². The first kappa shape index (κ1) is 108. The van der Waals surface area contributed by atoms with Crippen LogP contribution in [-0.2, 0) is 14.3 Å². The van der Waals surface area contributed by atoms with E-state index in [9.17, 15) is 39.0 Å². The summed E-state index contributed by atoms with van der Waals surface area (Å²) in [5, 5.41) is 78.4. The molecule has 45 nitrogen and oxygen atoms in total. The van der Waals surface area contributed by atoms with Gasteiger partial charge in [0.05, 0.1) is 126 Å². The Morgan fingerprint density at radius 1 is 0.415 bits per heavy atom. The molecule has 21 rings (SSSR count). The number of carbonyl (C=O) groups excluding carboxylic acids is 5. The van der Waals surface area contributed by atoms with Crippen molar-refractivity contribution in [3.63, 3.8) is 0 Å². The number of aryl methyl sites for hydroxylation is 5. The molecule has 0 radical (unpaired) electrons. The summed E-state index contributed by atoms with van der Waals surface area (Å²) in [5.41, 5.74) is 18.0. The van der Waals surface area contributed by atoms with E-state index in [2.05, 4.69) is 129 Å². The first-order chi connectivity index (χ1) is 69.8. The average Bonchev–Trinajstić information content (AvgIpc) is 1.71. The number of hydrogen-bond donors (Lipinski definition) is 7. The number of ether oxygens (including phenoxy) is 2. The third-order valence-electron chi connectivity index (χ3n) is 24.2. The van der Waals surface area contributed by atoms with Crippen molar-refractivity contribution in [2.45, 2.75) is 201 Å². The van der Waals surface area contributed by atoms with Gasteiger partial charge in [0.15, 0.2) is 5.82 Å². The van der Waals surface area contributed by atoms with Crippen LogP contribution in [0.5, 0.6) is 0 Å². The van der Waals surface area contributed by atoms with E-state index >= 15 is 0 Å². The monoisotopic (exact) mass is 2010 g/mol. The number of imidazole rings is 5. The van der Waals surface area contributed by atoms with Gasteiger partial charge in [-0.1, -0.05) is 45.0 Å². The number of aliphatic hydroxyl groups excluding tert-OH is 3. The van der Waals surface area contributed by atoms with Crippen molar-refractivity contribution in [1.82, 2.24) is 143 Å². The van der Waals surface area contributed by atoms with Gasteiger partial charge in [-0.05, 0) is 252 Å². The summed E-state index contributed by atoms with van der Waals surface area (Å²) in [7, 11) is 1.00. The van der Waals surface area contributed by atoms with Gasteiger partial charge >= 0.3 is 47.5 Å². The Hall–Kier alpha value is -15.8. The summed E-state index contributed by atoms with van der Waals surface area (Å²) in [6, 6.07) is 25.3. The number of aromatic carboxylic acids is 1. The normalized spacial score (nSPS) is 13.8. The van der Waals surface area contributed by atoms with Crippen LogP contribution in [0, 0.1) is 34.6 Å². The van der Waals surface area contributed by atoms with E-state index in [1.807, 2.05) is 108 Å². The maximum absolute atomic E-state index is 13.1. The second-order valence-corrected chi connectivity index (χ2v) is 35.8. The molecule has 15 heterocycles. The molecule has 3 unspecified atom stereocenters. The molecule has 0 saturated heterocycles. The SMILES string of the molecule is C.CC(=O)OCC(C)n1nnnc1-c1cccc(NC(=O)c2cc(-n3cnc(C4CC4)c3)c(C)cn2)c1.CCCCOC(=O)c1cc(-n2cnc(C3CC3)c2)c(C)cn1.CO.Cc1cnc(C(=O)Nc2cccc(-c3nnnn3C(C)CO)n2)cc1-n1cnc(C2CC2)c1.Cc1cnc(C(=O)Nc2cccc(-c3nnnn3C(C)CO)n2)cc1-n1cnc(C2CC2)c1.Cc1cnc(C(=O)O)cc1-n1cnc(C2CC2)c1.[Na+].[OH-]. The molecule has 0 bridgehead atoms. The summed E-state index contributed by atoms with van der Waals surface area (Å²) >= 11 is 0. The molecular weight excluding hydrogens is 1890 g/mol. The minimum absolute atomic E-state index is 0. The number of esters is 2. The van der Waals surface area contributed by atoms with E-state index in [-0.39, 0.29) is 127 Å². The molecule has 5 aliphatic carbocycles. The van der Waals surface area contributed by atoms with E-state index in [4.69, 9.17) is 19.7 Å². The number of hydrogen-bond acceptors (Lipinski definition) is 33. The molecule has 5 saturated carbocycles. The predicted octanol–water partition coefficient (Wildman–Crippen LogP) is 10.7. The number of carbonyl (C=O) groups is 6. The minimum atomic E-state index is -1.02. The zero-order valence-electron chi connectivity index (χ0n) is 82.7. The van der Waals surface area contributed by atoms with Gasteiger partial charge in [0.1, 0.15) is 58.1 Å². The number of nitrogens with zero attached hydrogens (tertiary/aromatic N) is 29. The Kier molecular flexibility index (Phi) is 36.6. The molecule has 3 atom stereocenters. The van der Waals surface area contributed by atoms with Crippen molar-refractivity contribution in [2.75, 3.05) is 49.5 Å². The van der Waals surface area contributed by atoms with Crippen LogP contribution in [-0.4, -0.2) is 238 Å². The largest absolute Gasteiger partial charge is 1.00 e. The number of nitrogens with one attached hydrogen (secondary N) is 3. The molecule has 147 heavy (non-hydrogen) atoms. The maximum Gasteiger partial charge on any atom is 1.00 e. The third-order valence-corrected chi connectivity index (χ3v) is 24.2. The molecule has 0 spiro atoms. The minimum Gasteiger partial charge on any atom is -0.870 e. The number of tetrazole rings is 3. The van der Waals surface area contributed by atoms with Crippen molar-refractivity contribution in [2.24, 2.45) is 0 Å². The molecule has 5 fully saturated rings. The number of aliphatic hydroxyl groups is 3. The summed E-state index contributed by atoms with van der Waals surface area (Å²) in [6.07, 6.45) is 41.1. The number of benzene rings is 1. The van der Waals surface area contributed by atoms with Crippen LogP contribution in [0.2, 0.25) is 0 Å². The Morgan fingerprint density at radius 2 is 0.735 bits per heavy atom. The molecule has 1 aromatic carbocycles. The number of carboxylic acids is 1. The molecule has 46 heteroatoms. The van der Waals surface area contributed by atoms with Crippen molar-refractivity contribution in [3.8, 4) is 62.9 Å². The number of anilines is 3. The van der Waals surface area contributed by atoms with Gasteiger partial charge in [0, 0.05) is 117 Å². The quantitative estimate of drug-likeness (QED) is 0.0121. The number of carboxylic acid groups (broad SMARTS) is 1. The summed E-state index contributed by atoms with van der Waals surface area (Å²) in [4.78, 5) is 125. The fourth-order valence-corrected chi connectivity index (χ4v) is 15.3. The fourth-order valence-electron chi connectivity index (χ4n) is 15.3. The molecule has 16 aromatic rings. The van der Waals surface area contributed by atoms with Crippen molar-refractivity contribution in [1.29, 1.82) is 0 Å². The van der Waals surface area contributed by atoms with Gasteiger partial charge in [-0.2, -0.15) is 0 Å². The van der Waals surface area contributed by atoms with Gasteiger partial charge in [0.25, 0.3) is 17.7 Å². The molecule has 8 N–H and O–H groups in total. The number of rotatable bonds is 31. The topological polar surface area (TPSA) is 578 Å². The molecule has 3 amide bonds. The zero-order valence-corrected chi connectivity index (χ0v) is 84.7. The van der Waals surface area contributed by atoms with Crippen LogP contribution >= 0.6 is 0 Å². The first-order valence-electron chi connectivity index (χ1n) is 47.4. The first-order valence-corrected chi connectivity index (χ1v) is 47.4. The van der Waals surface area contributed by atoms with Gasteiger partial charge < -0.3 is 74.2 Å². The van der Waals surface area contributed by atoms with Crippen molar-refractivity contribution >= 4 is 53.0 Å². The third kappa shape index (κ3) is 27.4. The van der Waals surface area contributed by atoms with Crippen LogP contribution in [0.25, 0.3) is 62.9 Å². The van der Waals surface area contributed by atoms with Crippen LogP contribution in [0.1, 0.15) is 276 Å². The fraction of sp³-hybridized carbons (Fsp3) is 0.356. The number of pyridine rings is 7. The number of aromatic nitrogens is 29. The Balaban J connectivity index is 0.000000155. The Bertz CT molecular complexity index is 7060. The van der Waals surface area contributed by atoms with E-state index in [0.717, 1.165) is 105 Å². The Morgan fingerprint density at radius 3 is 1.07 bits per heavy atom. The van der Waals surface area contributed by atoms with Crippen molar-refractivity contribution in [3.05, 3.63) is 269 Å². The van der Waals surface area contributed by atoms with Gasteiger partial charge in [0.2, 0.25) is 11.6 Å². The van der Waals surface area contributed by atoms with Gasteiger partial charge in [-0.25, -0.2) is 68.5 Å². The molecule has 0 aliphatic heterocycles. The summed E-state index contributed by atoms with van der Waals surface area (Å²) in [6.45, 7) is 18.9. The van der Waals surface area contributed by atoms with Crippen molar-refractivity contribution < 1.29 is 93.7 Å². The molecule has 5 aliphatic rings. The van der Waals surface area contributed by atoms with E-state index in [1.165, 1.54) is 80.5 Å². The number of unbranched alkanes of at least 4 members (excludes halogenated alkanes) is 1. The van der Waals surface area contributed by atoms with E-state index in [0.29, 0.717) is 99.3 Å². The maximum atomic E-state index is 13.1. The molecule has 758 valence electrons. The van der Waals surface area contributed by atoms with E-state index < -0.39 is 5.97 Å². The van der Waals surface area contributed by atoms with Crippen LogP contribution < -0.4 is 45.5 Å². The summed E-state index contributed by atoms with van der Waals surface area (Å²) in [5.74, 6) is 1.98. The second kappa shape index (κ2) is 49.7. The molecule has 15 aromatic heterocycles. The standard InChI is InChI=1S/C25H26N8O3.2C22H23N9O2.C17H21N3O2.C13H13N3O2.CH4O.CH4.Na.H2O/c1-15-11-26-21(10-23(15)32-12-22(27-14-32)18-7-8-18)25(35)28-20-6-4-5-19(9-20)24-29-30-31-33(24)16(2)13-36-17(3)34;2*1-13-9-23-17(8-19(13)30-10-18(24-12-30)15-6-7-15)22(33)26-20-5-3-4-16(25-20)21-27-28-29-31(21)14(2)11-32;1-3-4-7-22-17(21)14-8-16(12(2)9-18-14)20-10-15(19-11-20)13-5-6-13;1-8-5-14-10(13(17)18)4-12(8)16-6-11(15-7-16)9-2-3-9;1-2;;;/h4-6,9-12,14,16,18H,7-8,13H2,1-3H3,(H,28,35);2*3-5,8-10,12,14-15,32H,6-7,11H2,1-2H3,(H,25,26,33);8-11,13H,3-7H2,1-2H3;4-7,9H,2-3H2,1H3,(H,17,18);2H,1H3;1H4;;1H2/q;;;;;;;+1;/p-1. The van der Waals surface area contributed by atoms with Gasteiger partial charge in [-0.3, -0.25) is 34.1 Å². The number of amides is 3. The summed E-state index contributed by atoms with van der Waals surface area (Å²) < 4.78 is 24.5. The smallest absolute Gasteiger partial charge is 0.870 e. The van der Waals surface area contributed by atoms with E-state index in [1.54, 1.807) is 160 Å². The zero-order chi connectivity index (χ0) is 101.